The van der Waals surface area contributed by atoms with Crippen LogP contribution in [0.25, 0.3) is 0 Å². The molecule has 0 amide bonds. The van der Waals surface area contributed by atoms with Crippen molar-refractivity contribution in [1.82, 2.24) is 0 Å². The summed E-state index contributed by atoms with van der Waals surface area (Å²) >= 11 is 0. The Kier molecular flexibility index (Phi) is 2.34. The van der Waals surface area contributed by atoms with Crippen LogP contribution in [0.15, 0.2) is 0 Å². The van der Waals surface area contributed by atoms with E-state index >= 15 is 0 Å². The van der Waals surface area contributed by atoms with Crippen LogP contribution in [-0.4, -0.2) is 24.1 Å². The van der Waals surface area contributed by atoms with Gasteiger partial charge in [-0.15, -0.1) is 0 Å². The average Bonchev–Trinajstić information content (AvgIpc) is 2.41. The predicted octanol–water partition coefficient (Wildman–Crippen LogP) is 1.43. The Bertz CT molecular complexity index is 312. The van der Waals surface area contributed by atoms with E-state index in [0.29, 0.717) is 19.4 Å². The zero-order valence-corrected chi connectivity index (χ0v) is 9.17. The van der Waals surface area contributed by atoms with Crippen LogP contribution < -0.4 is 0 Å². The Labute approximate surface area is 88.9 Å². The van der Waals surface area contributed by atoms with Gasteiger partial charge in [-0.25, -0.2) is 0 Å². The molecule has 2 aliphatic rings. The van der Waals surface area contributed by atoms with E-state index in [0.717, 1.165) is 6.42 Å². The molecule has 2 aliphatic heterocycles. The fourth-order valence-corrected chi connectivity index (χ4v) is 2.50. The zero-order chi connectivity index (χ0) is 11.1. The van der Waals surface area contributed by atoms with E-state index in [1.54, 1.807) is 0 Å². The molecule has 2 heterocycles. The van der Waals surface area contributed by atoms with Crippen molar-refractivity contribution in [3.63, 3.8) is 0 Å². The molecule has 2 fully saturated rings. The fourth-order valence-electron chi connectivity index (χ4n) is 2.50. The van der Waals surface area contributed by atoms with Crippen molar-refractivity contribution in [1.29, 1.82) is 0 Å². The Morgan fingerprint density at radius 2 is 2.13 bits per heavy atom. The van der Waals surface area contributed by atoms with Crippen LogP contribution in [0.4, 0.5) is 0 Å². The quantitative estimate of drug-likeness (QED) is 0.487. The van der Waals surface area contributed by atoms with Crippen molar-refractivity contribution in [3.05, 3.63) is 0 Å². The maximum absolute atomic E-state index is 11.7. The van der Waals surface area contributed by atoms with Crippen molar-refractivity contribution in [2.45, 2.75) is 45.1 Å². The summed E-state index contributed by atoms with van der Waals surface area (Å²) in [5, 5.41) is 0. The molecular formula is C11H16O4. The summed E-state index contributed by atoms with van der Waals surface area (Å²) in [5.41, 5.74) is -0.887. The molecule has 15 heavy (non-hydrogen) atoms. The van der Waals surface area contributed by atoms with Gasteiger partial charge in [0.2, 0.25) is 0 Å². The maximum atomic E-state index is 11.7. The van der Waals surface area contributed by atoms with E-state index in [2.05, 4.69) is 4.74 Å². The molecule has 0 aromatic rings. The lowest BCUT2D eigenvalue weighted by atomic mass is 9.71. The summed E-state index contributed by atoms with van der Waals surface area (Å²) < 4.78 is 10.3. The minimum atomic E-state index is -0.597. The van der Waals surface area contributed by atoms with Crippen LogP contribution >= 0.6 is 0 Å². The Balaban J connectivity index is 2.22. The number of ether oxygens (including phenoxy) is 2. The molecule has 1 spiro atoms. The summed E-state index contributed by atoms with van der Waals surface area (Å²) in [6.07, 6.45) is 2.27. The van der Waals surface area contributed by atoms with Gasteiger partial charge in [0, 0.05) is 6.61 Å². The Morgan fingerprint density at radius 1 is 1.40 bits per heavy atom. The van der Waals surface area contributed by atoms with E-state index in [1.807, 2.05) is 13.8 Å². The Hall–Kier alpha value is -0.900. The molecule has 2 atom stereocenters. The molecule has 0 saturated carbocycles. The van der Waals surface area contributed by atoms with E-state index in [4.69, 9.17) is 4.74 Å². The summed E-state index contributed by atoms with van der Waals surface area (Å²) in [5.74, 6) is -0.740. The zero-order valence-electron chi connectivity index (χ0n) is 9.17. The first kappa shape index (κ1) is 10.6. The third-order valence-corrected chi connectivity index (χ3v) is 3.61. The van der Waals surface area contributed by atoms with E-state index in [-0.39, 0.29) is 24.0 Å². The number of cyclic esters (lactones) is 2. The van der Waals surface area contributed by atoms with E-state index in [1.165, 1.54) is 0 Å². The summed E-state index contributed by atoms with van der Waals surface area (Å²) in [4.78, 5) is 22.8. The highest BCUT2D eigenvalue weighted by atomic mass is 16.6. The molecule has 4 nitrogen and oxygen atoms in total. The fraction of sp³-hybridized carbons (Fsp3) is 0.818. The summed E-state index contributed by atoms with van der Waals surface area (Å²) in [7, 11) is 0. The second-order valence-electron chi connectivity index (χ2n) is 4.80. The third-order valence-electron chi connectivity index (χ3n) is 3.61. The Morgan fingerprint density at radius 3 is 2.67 bits per heavy atom. The molecule has 0 aromatic heterocycles. The van der Waals surface area contributed by atoms with Crippen LogP contribution in [0.5, 0.6) is 0 Å². The largest absolute Gasteiger partial charge is 0.393 e. The molecule has 0 aliphatic carbocycles. The van der Waals surface area contributed by atoms with Gasteiger partial charge in [0.25, 0.3) is 0 Å². The minimum Gasteiger partial charge on any atom is -0.393 e. The van der Waals surface area contributed by atoms with Gasteiger partial charge in [0.15, 0.2) is 0 Å². The maximum Gasteiger partial charge on any atom is 0.320 e. The topological polar surface area (TPSA) is 52.6 Å². The van der Waals surface area contributed by atoms with Gasteiger partial charge in [-0.3, -0.25) is 9.59 Å². The summed E-state index contributed by atoms with van der Waals surface area (Å²) in [6.45, 7) is 4.55. The van der Waals surface area contributed by atoms with Crippen molar-refractivity contribution >= 4 is 11.9 Å². The summed E-state index contributed by atoms with van der Waals surface area (Å²) in [6, 6.07) is 0. The van der Waals surface area contributed by atoms with Gasteiger partial charge in [0.05, 0.1) is 17.4 Å². The number of carbonyl (C=O) groups excluding carboxylic acids is 2. The molecule has 2 saturated heterocycles. The number of rotatable bonds is 1. The van der Waals surface area contributed by atoms with E-state index in [9.17, 15) is 9.59 Å². The second-order valence-corrected chi connectivity index (χ2v) is 4.80. The highest BCUT2D eigenvalue weighted by Crippen LogP contribution is 2.46. The average molecular weight is 212 g/mol. The van der Waals surface area contributed by atoms with Crippen LogP contribution in [0, 0.1) is 5.41 Å². The molecule has 2 unspecified atom stereocenters. The molecule has 84 valence electrons. The highest BCUT2D eigenvalue weighted by Gasteiger charge is 2.54. The molecular weight excluding hydrogens is 196 g/mol. The van der Waals surface area contributed by atoms with Crippen LogP contribution in [-0.2, 0) is 19.1 Å². The molecule has 4 heteroatoms. The normalized spacial score (nSPS) is 40.9. The van der Waals surface area contributed by atoms with Crippen LogP contribution in [0.2, 0.25) is 0 Å². The SMILES string of the molecule is CCC1(C)CC2(CCO1)CC(=O)OC2=O. The molecule has 0 aromatic carbocycles. The molecule has 0 bridgehead atoms. The molecule has 2 rings (SSSR count). The lowest BCUT2D eigenvalue weighted by Crippen LogP contribution is -2.45. The highest BCUT2D eigenvalue weighted by molar-refractivity contribution is 5.97. The van der Waals surface area contributed by atoms with Gasteiger partial charge < -0.3 is 9.47 Å². The van der Waals surface area contributed by atoms with Crippen LogP contribution in [0.3, 0.4) is 0 Å². The van der Waals surface area contributed by atoms with Gasteiger partial charge in [0.1, 0.15) is 0 Å². The van der Waals surface area contributed by atoms with E-state index < -0.39 is 5.41 Å². The monoisotopic (exact) mass is 212 g/mol. The molecule has 0 radical (unpaired) electrons. The van der Waals surface area contributed by atoms with Gasteiger partial charge >= 0.3 is 11.9 Å². The first-order valence-electron chi connectivity index (χ1n) is 5.39. The van der Waals surface area contributed by atoms with Crippen molar-refractivity contribution in [3.8, 4) is 0 Å². The van der Waals surface area contributed by atoms with Gasteiger partial charge in [-0.05, 0) is 26.2 Å². The lowest BCUT2D eigenvalue weighted by molar-refractivity contribution is -0.164. The predicted molar refractivity (Wildman–Crippen MR) is 52.0 cm³/mol. The third kappa shape index (κ3) is 1.67. The number of hydrogen-bond donors (Lipinski definition) is 0. The number of carbonyl (C=O) groups is 2. The number of esters is 2. The lowest BCUT2D eigenvalue weighted by Gasteiger charge is -2.41. The standard InChI is InChI=1S/C11H16O4/c1-3-10(2)7-11(4-5-14-10)6-8(12)15-9(11)13/h3-7H2,1-2H3. The van der Waals surface area contributed by atoms with Crippen molar-refractivity contribution in [2.24, 2.45) is 5.41 Å². The minimum absolute atomic E-state index is 0.227. The number of hydrogen-bond acceptors (Lipinski definition) is 4. The smallest absolute Gasteiger partial charge is 0.320 e. The van der Waals surface area contributed by atoms with Crippen LogP contribution in [0.1, 0.15) is 39.5 Å². The van der Waals surface area contributed by atoms with Crippen molar-refractivity contribution < 1.29 is 19.1 Å². The molecule has 0 N–H and O–H groups in total. The van der Waals surface area contributed by atoms with Gasteiger partial charge in [-0.2, -0.15) is 0 Å². The van der Waals surface area contributed by atoms with Gasteiger partial charge in [-0.1, -0.05) is 6.92 Å². The first-order valence-corrected chi connectivity index (χ1v) is 5.39. The van der Waals surface area contributed by atoms with Crippen molar-refractivity contribution in [2.75, 3.05) is 6.61 Å². The second kappa shape index (κ2) is 3.30. The first-order chi connectivity index (χ1) is 7.00.